The monoisotopic (exact) mass is 506 g/mol. The first kappa shape index (κ1) is 24.8. The van der Waals surface area contributed by atoms with Crippen LogP contribution in [0.2, 0.25) is 0 Å². The lowest BCUT2D eigenvalue weighted by atomic mass is 10.0. The van der Waals surface area contributed by atoms with Crippen molar-refractivity contribution in [1.82, 2.24) is 14.7 Å². The van der Waals surface area contributed by atoms with Gasteiger partial charge in [0.1, 0.15) is 17.1 Å². The number of amides is 1. The van der Waals surface area contributed by atoms with Crippen LogP contribution in [-0.2, 0) is 4.74 Å². The second-order valence-electron chi connectivity index (χ2n) is 10.6. The highest BCUT2D eigenvalue weighted by Gasteiger charge is 2.48. The summed E-state index contributed by atoms with van der Waals surface area (Å²) in [4.78, 5) is 17.7. The average Bonchev–Trinajstić information content (AvgIpc) is 3.57. The zero-order valence-corrected chi connectivity index (χ0v) is 21.2. The van der Waals surface area contributed by atoms with Crippen LogP contribution >= 0.6 is 0 Å². The molecule has 2 aliphatic rings. The lowest BCUT2D eigenvalue weighted by Gasteiger charge is -2.33. The molecule has 2 fully saturated rings. The first-order valence-corrected chi connectivity index (χ1v) is 12.2. The van der Waals surface area contributed by atoms with E-state index in [4.69, 9.17) is 21.1 Å². The molecule has 37 heavy (non-hydrogen) atoms. The van der Waals surface area contributed by atoms with E-state index in [0.29, 0.717) is 35.3 Å². The van der Waals surface area contributed by atoms with Crippen molar-refractivity contribution >= 4 is 11.8 Å². The Labute approximate surface area is 214 Å². The minimum absolute atomic E-state index is 0.0339. The SMILES string of the molecule is [C-]#[N+]c1ccc(-c2cn(C3CC4CC3CN4C(=O)OC(C)(C)C)nc2-c2ccc(OC)c(F)c2)cc1F. The van der Waals surface area contributed by atoms with Crippen molar-refractivity contribution in [2.75, 3.05) is 13.7 Å². The van der Waals surface area contributed by atoms with Crippen molar-refractivity contribution in [3.8, 4) is 28.1 Å². The van der Waals surface area contributed by atoms with Crippen LogP contribution in [0.4, 0.5) is 19.3 Å². The van der Waals surface area contributed by atoms with Crippen molar-refractivity contribution in [2.45, 2.75) is 51.3 Å². The van der Waals surface area contributed by atoms with Gasteiger partial charge in [-0.1, -0.05) is 12.1 Å². The molecule has 3 atom stereocenters. The molecule has 5 rings (SSSR count). The number of fused-ring (bicyclic) bond motifs is 2. The molecule has 2 bridgehead atoms. The summed E-state index contributed by atoms with van der Waals surface area (Å²) in [5.74, 6) is -0.845. The van der Waals surface area contributed by atoms with Gasteiger partial charge in [0.15, 0.2) is 11.6 Å². The summed E-state index contributed by atoms with van der Waals surface area (Å²) >= 11 is 0. The molecule has 2 heterocycles. The van der Waals surface area contributed by atoms with Crippen LogP contribution in [0, 0.1) is 24.1 Å². The number of ether oxygens (including phenoxy) is 2. The maximum atomic E-state index is 14.6. The normalized spacial score (nSPS) is 20.7. The van der Waals surface area contributed by atoms with E-state index in [0.717, 1.165) is 6.42 Å². The number of halogens is 2. The highest BCUT2D eigenvalue weighted by atomic mass is 19.1. The summed E-state index contributed by atoms with van der Waals surface area (Å²) in [6, 6.07) is 9.10. The predicted molar refractivity (Wildman–Crippen MR) is 134 cm³/mol. The maximum absolute atomic E-state index is 14.6. The molecule has 3 aromatic rings. The minimum atomic E-state index is -0.625. The number of nitrogens with zero attached hydrogens (tertiary/aromatic N) is 4. The highest BCUT2D eigenvalue weighted by Crippen LogP contribution is 2.46. The van der Waals surface area contributed by atoms with E-state index in [1.165, 1.54) is 31.4 Å². The van der Waals surface area contributed by atoms with Crippen molar-refractivity contribution in [1.29, 1.82) is 0 Å². The van der Waals surface area contributed by atoms with Gasteiger partial charge in [-0.05, 0) is 63.4 Å². The van der Waals surface area contributed by atoms with Crippen molar-refractivity contribution in [2.24, 2.45) is 5.92 Å². The molecule has 1 saturated carbocycles. The van der Waals surface area contributed by atoms with Gasteiger partial charge in [0.2, 0.25) is 5.69 Å². The summed E-state index contributed by atoms with van der Waals surface area (Å²) < 4.78 is 41.6. The van der Waals surface area contributed by atoms with E-state index in [1.807, 2.05) is 31.6 Å². The van der Waals surface area contributed by atoms with E-state index in [1.54, 1.807) is 17.0 Å². The number of hydrogen-bond acceptors (Lipinski definition) is 4. The summed E-state index contributed by atoms with van der Waals surface area (Å²) in [6.07, 6.45) is 3.11. The third-order valence-corrected chi connectivity index (χ3v) is 7.01. The number of hydrogen-bond donors (Lipinski definition) is 0. The van der Waals surface area contributed by atoms with Gasteiger partial charge in [0, 0.05) is 35.8 Å². The van der Waals surface area contributed by atoms with Gasteiger partial charge in [-0.3, -0.25) is 4.68 Å². The number of carbonyl (C=O) groups excluding carboxylic acids is 1. The van der Waals surface area contributed by atoms with E-state index < -0.39 is 17.2 Å². The van der Waals surface area contributed by atoms with Crippen LogP contribution in [-0.4, -0.2) is 46.1 Å². The van der Waals surface area contributed by atoms with E-state index in [-0.39, 0.29) is 35.5 Å². The molecule has 192 valence electrons. The molecule has 7 nitrogen and oxygen atoms in total. The fourth-order valence-corrected chi connectivity index (χ4v) is 5.36. The van der Waals surface area contributed by atoms with E-state index in [9.17, 15) is 13.6 Å². The Morgan fingerprint density at radius 1 is 1.11 bits per heavy atom. The molecule has 9 heteroatoms. The fourth-order valence-electron chi connectivity index (χ4n) is 5.36. The lowest BCUT2D eigenvalue weighted by molar-refractivity contribution is 0.0162. The molecule has 2 aromatic carbocycles. The summed E-state index contributed by atoms with van der Waals surface area (Å²) in [6.45, 7) is 13.3. The van der Waals surface area contributed by atoms with Gasteiger partial charge in [-0.25, -0.2) is 18.4 Å². The Balaban J connectivity index is 1.50. The molecule has 3 unspecified atom stereocenters. The third kappa shape index (κ3) is 4.64. The molecule has 0 radical (unpaired) electrons. The molecule has 1 amide bonds. The number of piperidine rings is 1. The minimum Gasteiger partial charge on any atom is -0.494 e. The maximum Gasteiger partial charge on any atom is 0.410 e. The van der Waals surface area contributed by atoms with Gasteiger partial charge < -0.3 is 14.4 Å². The van der Waals surface area contributed by atoms with Crippen LogP contribution in [0.1, 0.15) is 39.7 Å². The molecule has 1 saturated heterocycles. The first-order valence-electron chi connectivity index (χ1n) is 12.2. The highest BCUT2D eigenvalue weighted by molar-refractivity contribution is 5.81. The summed E-state index contributed by atoms with van der Waals surface area (Å²) in [5.41, 5.74) is 1.58. The Bertz CT molecular complexity index is 1410. The number of aromatic nitrogens is 2. The quantitative estimate of drug-likeness (QED) is 0.373. The summed E-state index contributed by atoms with van der Waals surface area (Å²) in [5, 5.41) is 4.85. The number of rotatable bonds is 4. The van der Waals surface area contributed by atoms with Gasteiger partial charge in [0.25, 0.3) is 0 Å². The molecule has 0 N–H and O–H groups in total. The topological polar surface area (TPSA) is 61.0 Å². The smallest absolute Gasteiger partial charge is 0.410 e. The van der Waals surface area contributed by atoms with Crippen LogP contribution in [0.3, 0.4) is 0 Å². The van der Waals surface area contributed by atoms with Crippen LogP contribution in [0.25, 0.3) is 27.2 Å². The van der Waals surface area contributed by atoms with Gasteiger partial charge in [-0.2, -0.15) is 5.10 Å². The Morgan fingerprint density at radius 3 is 2.43 bits per heavy atom. The van der Waals surface area contributed by atoms with Gasteiger partial charge in [-0.15, -0.1) is 0 Å². The summed E-state index contributed by atoms with van der Waals surface area (Å²) in [7, 11) is 1.40. The lowest BCUT2D eigenvalue weighted by Crippen LogP contribution is -2.43. The standard InChI is InChI=1S/C28H28F2N4O3/c1-28(2,3)37-27(35)33-14-18-10-19(33)13-24(18)34-15-20(16-6-8-23(31-4)21(29)11-16)26(32-34)17-7-9-25(36-5)22(30)12-17/h6-9,11-12,15,18-19,24H,10,13-14H2,1-3,5H3. The zero-order chi connectivity index (χ0) is 26.5. The van der Waals surface area contributed by atoms with E-state index in [2.05, 4.69) is 4.85 Å². The number of carbonyl (C=O) groups is 1. The Morgan fingerprint density at radius 2 is 1.84 bits per heavy atom. The molecule has 1 aliphatic heterocycles. The average molecular weight is 507 g/mol. The first-order chi connectivity index (χ1) is 17.6. The third-order valence-electron chi connectivity index (χ3n) is 7.01. The van der Waals surface area contributed by atoms with Crippen molar-refractivity contribution < 1.29 is 23.0 Å². The van der Waals surface area contributed by atoms with Crippen molar-refractivity contribution in [3.63, 3.8) is 0 Å². The van der Waals surface area contributed by atoms with Crippen LogP contribution in [0.5, 0.6) is 5.75 Å². The van der Waals surface area contributed by atoms with Gasteiger partial charge >= 0.3 is 6.09 Å². The zero-order valence-electron chi connectivity index (χ0n) is 21.2. The molecular formula is C28H28F2N4O3. The Kier molecular flexibility index (Phi) is 6.14. The molecule has 1 aliphatic carbocycles. The number of methoxy groups -OCH3 is 1. The van der Waals surface area contributed by atoms with Crippen LogP contribution < -0.4 is 4.74 Å². The fraction of sp³-hybridized carbons (Fsp3) is 0.393. The number of benzene rings is 2. The molecular weight excluding hydrogens is 478 g/mol. The predicted octanol–water partition coefficient (Wildman–Crippen LogP) is 6.63. The second kappa shape index (κ2) is 9.18. The molecule has 1 aromatic heterocycles. The van der Waals surface area contributed by atoms with E-state index >= 15 is 0 Å². The van der Waals surface area contributed by atoms with Crippen LogP contribution in [0.15, 0.2) is 42.6 Å². The van der Waals surface area contributed by atoms with Crippen molar-refractivity contribution in [3.05, 3.63) is 65.6 Å². The second-order valence-corrected chi connectivity index (χ2v) is 10.6. The largest absolute Gasteiger partial charge is 0.494 e. The van der Waals surface area contributed by atoms with Gasteiger partial charge in [0.05, 0.1) is 19.7 Å². The molecule has 0 spiro atoms. The Hall–Kier alpha value is -3.93. The number of likely N-dealkylation sites (tertiary alicyclic amines) is 1.